The fraction of sp³-hybridized carbons (Fsp3) is 0.417. The molecule has 0 aliphatic rings. The normalized spacial score (nSPS) is 11.5. The van der Waals surface area contributed by atoms with Gasteiger partial charge in [0.05, 0.1) is 6.04 Å². The van der Waals surface area contributed by atoms with E-state index in [1.54, 1.807) is 36.9 Å². The molecule has 0 aliphatic carbocycles. The van der Waals surface area contributed by atoms with Crippen LogP contribution in [0.2, 0.25) is 0 Å². The fourth-order valence-electron chi connectivity index (χ4n) is 1.34. The molecule has 0 spiro atoms. The molecule has 0 aliphatic heterocycles. The fourth-order valence-corrected chi connectivity index (χ4v) is 1.83. The van der Waals surface area contributed by atoms with Crippen LogP contribution in [0.1, 0.15) is 12.0 Å². The second-order valence-corrected chi connectivity index (χ2v) is 4.86. The maximum absolute atomic E-state index is 11.7. The van der Waals surface area contributed by atoms with Crippen LogP contribution in [0, 0.1) is 6.92 Å². The minimum atomic E-state index is -0.489. The lowest BCUT2D eigenvalue weighted by Gasteiger charge is -2.12. The topological polar surface area (TPSA) is 75.4 Å². The van der Waals surface area contributed by atoms with Gasteiger partial charge in [-0.1, -0.05) is 0 Å². The van der Waals surface area contributed by atoms with E-state index in [0.717, 1.165) is 11.3 Å². The number of halogens is 1. The van der Waals surface area contributed by atoms with Gasteiger partial charge in [0.1, 0.15) is 5.75 Å². The van der Waals surface area contributed by atoms with Crippen molar-refractivity contribution in [2.75, 3.05) is 17.3 Å². The third kappa shape index (κ3) is 5.16. The molecule has 0 aromatic heterocycles. The van der Waals surface area contributed by atoms with E-state index in [4.69, 9.17) is 5.73 Å². The summed E-state index contributed by atoms with van der Waals surface area (Å²) in [4.78, 5) is 11.7. The van der Waals surface area contributed by atoms with Crippen LogP contribution in [-0.4, -0.2) is 29.1 Å². The third-order valence-corrected chi connectivity index (χ3v) is 3.08. The zero-order chi connectivity index (χ0) is 12.8. The highest BCUT2D eigenvalue weighted by molar-refractivity contribution is 7.98. The van der Waals surface area contributed by atoms with E-state index >= 15 is 0 Å². The zero-order valence-electron chi connectivity index (χ0n) is 10.5. The molecule has 0 radical (unpaired) electrons. The molecule has 0 bridgehead atoms. The number of hydrogen-bond acceptors (Lipinski definition) is 4. The predicted octanol–water partition coefficient (Wildman–Crippen LogP) is 2.14. The number of phenols is 1. The molecule has 0 fully saturated rings. The van der Waals surface area contributed by atoms with E-state index in [0.29, 0.717) is 12.1 Å². The molecular formula is C12H19ClN2O2S. The number of nitrogens with one attached hydrogen (secondary N) is 1. The Hall–Kier alpha value is -0.910. The number of amides is 1. The van der Waals surface area contributed by atoms with Crippen molar-refractivity contribution >= 4 is 35.8 Å². The number of phenolic OH excluding ortho intramolecular Hbond substituents is 1. The van der Waals surface area contributed by atoms with Gasteiger partial charge in [0.25, 0.3) is 0 Å². The molecule has 1 amide bonds. The smallest absolute Gasteiger partial charge is 0.241 e. The van der Waals surface area contributed by atoms with Crippen molar-refractivity contribution in [3.05, 3.63) is 23.8 Å². The monoisotopic (exact) mass is 290 g/mol. The molecule has 0 saturated carbocycles. The SMILES string of the molecule is CSCC[C@H](N)C(=O)Nc1ccc(O)c(C)c1.Cl. The van der Waals surface area contributed by atoms with Gasteiger partial charge in [-0.25, -0.2) is 0 Å². The Morgan fingerprint density at radius 2 is 2.22 bits per heavy atom. The Balaban J connectivity index is 0.00000289. The number of rotatable bonds is 5. The molecule has 6 heteroatoms. The number of benzene rings is 1. The Bertz CT molecular complexity index is 402. The first kappa shape index (κ1) is 17.1. The minimum Gasteiger partial charge on any atom is -0.508 e. The Morgan fingerprint density at radius 1 is 1.56 bits per heavy atom. The standard InChI is InChI=1S/C12H18N2O2S.ClH/c1-8-7-9(3-4-11(8)15)14-12(16)10(13)5-6-17-2;/h3-4,7,10,15H,5-6,13H2,1-2H3,(H,14,16);1H/t10-;/m0./s1. The van der Waals surface area contributed by atoms with E-state index in [9.17, 15) is 9.90 Å². The largest absolute Gasteiger partial charge is 0.508 e. The minimum absolute atomic E-state index is 0. The first-order valence-electron chi connectivity index (χ1n) is 5.39. The lowest BCUT2D eigenvalue weighted by Crippen LogP contribution is -2.36. The number of aromatic hydroxyl groups is 1. The van der Waals surface area contributed by atoms with Crippen molar-refractivity contribution in [1.82, 2.24) is 0 Å². The van der Waals surface area contributed by atoms with Gasteiger partial charge >= 0.3 is 0 Å². The van der Waals surface area contributed by atoms with Crippen molar-refractivity contribution in [1.29, 1.82) is 0 Å². The van der Waals surface area contributed by atoms with Crippen LogP contribution in [0.5, 0.6) is 5.75 Å². The molecule has 18 heavy (non-hydrogen) atoms. The number of anilines is 1. The van der Waals surface area contributed by atoms with Crippen LogP contribution in [0.4, 0.5) is 5.69 Å². The van der Waals surface area contributed by atoms with E-state index in [1.807, 2.05) is 6.26 Å². The number of aryl methyl sites for hydroxylation is 1. The summed E-state index contributed by atoms with van der Waals surface area (Å²) in [5, 5.41) is 12.1. The summed E-state index contributed by atoms with van der Waals surface area (Å²) in [6.45, 7) is 1.78. The van der Waals surface area contributed by atoms with Crippen LogP contribution in [0.15, 0.2) is 18.2 Å². The molecule has 0 heterocycles. The maximum Gasteiger partial charge on any atom is 0.241 e. The zero-order valence-corrected chi connectivity index (χ0v) is 12.1. The second-order valence-electron chi connectivity index (χ2n) is 3.88. The number of carbonyl (C=O) groups excluding carboxylic acids is 1. The van der Waals surface area contributed by atoms with Gasteiger partial charge in [0.15, 0.2) is 0 Å². The predicted molar refractivity (Wildman–Crippen MR) is 79.7 cm³/mol. The van der Waals surface area contributed by atoms with Crippen molar-refractivity contribution in [3.8, 4) is 5.75 Å². The first-order chi connectivity index (χ1) is 8.04. The van der Waals surface area contributed by atoms with Gasteiger partial charge in [-0.15, -0.1) is 12.4 Å². The van der Waals surface area contributed by atoms with Crippen LogP contribution in [-0.2, 0) is 4.79 Å². The average molecular weight is 291 g/mol. The highest BCUT2D eigenvalue weighted by Gasteiger charge is 2.13. The van der Waals surface area contributed by atoms with Gasteiger partial charge < -0.3 is 16.2 Å². The molecule has 0 saturated heterocycles. The highest BCUT2D eigenvalue weighted by atomic mass is 35.5. The van der Waals surface area contributed by atoms with E-state index in [1.165, 1.54) is 0 Å². The van der Waals surface area contributed by atoms with E-state index < -0.39 is 6.04 Å². The molecular weight excluding hydrogens is 272 g/mol. The highest BCUT2D eigenvalue weighted by Crippen LogP contribution is 2.20. The second kappa shape index (κ2) is 8.24. The molecule has 1 aromatic rings. The molecule has 4 N–H and O–H groups in total. The van der Waals surface area contributed by atoms with Crippen LogP contribution < -0.4 is 11.1 Å². The quantitative estimate of drug-likeness (QED) is 0.726. The summed E-state index contributed by atoms with van der Waals surface area (Å²) in [6.07, 6.45) is 2.64. The molecule has 102 valence electrons. The molecule has 1 aromatic carbocycles. The summed E-state index contributed by atoms with van der Waals surface area (Å²) in [5.74, 6) is 0.891. The van der Waals surface area contributed by atoms with Crippen LogP contribution in [0.25, 0.3) is 0 Å². The van der Waals surface area contributed by atoms with Crippen molar-refractivity contribution in [2.45, 2.75) is 19.4 Å². The van der Waals surface area contributed by atoms with Crippen molar-refractivity contribution in [2.24, 2.45) is 5.73 Å². The number of thioether (sulfide) groups is 1. The summed E-state index contributed by atoms with van der Waals surface area (Å²) in [6, 6.07) is 4.44. The Labute approximate surface area is 118 Å². The van der Waals surface area contributed by atoms with Gasteiger partial charge in [-0.05, 0) is 49.1 Å². The van der Waals surface area contributed by atoms with Gasteiger partial charge in [0.2, 0.25) is 5.91 Å². The summed E-state index contributed by atoms with van der Waals surface area (Å²) in [7, 11) is 0. The number of hydrogen-bond donors (Lipinski definition) is 3. The van der Waals surface area contributed by atoms with Gasteiger partial charge in [0, 0.05) is 5.69 Å². The third-order valence-electron chi connectivity index (χ3n) is 2.43. The van der Waals surface area contributed by atoms with Crippen molar-refractivity contribution in [3.63, 3.8) is 0 Å². The lowest BCUT2D eigenvalue weighted by atomic mass is 10.2. The molecule has 0 unspecified atom stereocenters. The van der Waals surface area contributed by atoms with E-state index in [2.05, 4.69) is 5.32 Å². The number of nitrogens with two attached hydrogens (primary N) is 1. The lowest BCUT2D eigenvalue weighted by molar-refractivity contribution is -0.117. The summed E-state index contributed by atoms with van der Waals surface area (Å²) in [5.41, 5.74) is 7.12. The molecule has 1 atom stereocenters. The molecule has 1 rings (SSSR count). The Kier molecular flexibility index (Phi) is 7.82. The van der Waals surface area contributed by atoms with Gasteiger partial charge in [-0.3, -0.25) is 4.79 Å². The van der Waals surface area contributed by atoms with E-state index in [-0.39, 0.29) is 24.1 Å². The van der Waals surface area contributed by atoms with Crippen LogP contribution >= 0.6 is 24.2 Å². The number of carbonyl (C=O) groups is 1. The summed E-state index contributed by atoms with van der Waals surface area (Å²) < 4.78 is 0. The molecule has 4 nitrogen and oxygen atoms in total. The van der Waals surface area contributed by atoms with Crippen LogP contribution in [0.3, 0.4) is 0 Å². The van der Waals surface area contributed by atoms with Crippen molar-refractivity contribution < 1.29 is 9.90 Å². The Morgan fingerprint density at radius 3 is 2.78 bits per heavy atom. The maximum atomic E-state index is 11.7. The average Bonchev–Trinajstić information content (AvgIpc) is 2.30. The summed E-state index contributed by atoms with van der Waals surface area (Å²) >= 11 is 1.67. The van der Waals surface area contributed by atoms with Gasteiger partial charge in [-0.2, -0.15) is 11.8 Å². The first-order valence-corrected chi connectivity index (χ1v) is 6.79.